The van der Waals surface area contributed by atoms with Crippen LogP contribution < -0.4 is 0 Å². The topological polar surface area (TPSA) is 51.6 Å². The van der Waals surface area contributed by atoms with E-state index >= 15 is 0 Å². The molecule has 2 aromatic heterocycles. The standard InChI is InChI=1S/C57H36N4/c1-5-17-37(18-6-1)51-35-52(38-19-7-2-8-20-38)59-55(58-51)41-29-31-45-43-25-13-15-27-47(43)57(49(45)33-41)48-28-16-14-26-44(48)46-32-30-42(34-50(46)57)56-60-53(39-21-9-3-10-22-39)36-54(61-56)40-23-11-4-12-24-40/h1-36H. The first-order valence-corrected chi connectivity index (χ1v) is 20.7. The second kappa shape index (κ2) is 14.0. The monoisotopic (exact) mass is 776 g/mol. The molecule has 4 nitrogen and oxygen atoms in total. The van der Waals surface area contributed by atoms with Crippen molar-refractivity contribution in [1.29, 1.82) is 0 Å². The lowest BCUT2D eigenvalue weighted by atomic mass is 9.70. The predicted molar refractivity (Wildman–Crippen MR) is 247 cm³/mol. The molecule has 2 aliphatic rings. The van der Waals surface area contributed by atoms with Crippen LogP contribution >= 0.6 is 0 Å². The van der Waals surface area contributed by atoms with Crippen LogP contribution in [0.25, 0.3) is 90.1 Å². The zero-order valence-corrected chi connectivity index (χ0v) is 33.1. The Bertz CT molecular complexity index is 2950. The zero-order valence-electron chi connectivity index (χ0n) is 33.1. The molecule has 0 unspecified atom stereocenters. The van der Waals surface area contributed by atoms with Crippen molar-refractivity contribution in [2.75, 3.05) is 0 Å². The Morgan fingerprint density at radius 1 is 0.230 bits per heavy atom. The average Bonchev–Trinajstić information content (AvgIpc) is 3.81. The van der Waals surface area contributed by atoms with Crippen LogP contribution in [0.2, 0.25) is 0 Å². The molecule has 4 heteroatoms. The van der Waals surface area contributed by atoms with Gasteiger partial charge < -0.3 is 0 Å². The van der Waals surface area contributed by atoms with Crippen molar-refractivity contribution < 1.29 is 0 Å². The van der Waals surface area contributed by atoms with Crippen molar-refractivity contribution >= 4 is 0 Å². The molecule has 0 saturated heterocycles. The van der Waals surface area contributed by atoms with E-state index in [4.69, 9.17) is 19.9 Å². The lowest BCUT2D eigenvalue weighted by molar-refractivity contribution is 0.794. The molecule has 1 spiro atoms. The highest BCUT2D eigenvalue weighted by Crippen LogP contribution is 2.63. The first kappa shape index (κ1) is 34.9. The first-order chi connectivity index (χ1) is 30.2. The van der Waals surface area contributed by atoms with Gasteiger partial charge in [0.15, 0.2) is 11.6 Å². The van der Waals surface area contributed by atoms with Crippen LogP contribution in [0.15, 0.2) is 218 Å². The van der Waals surface area contributed by atoms with Gasteiger partial charge in [-0.05, 0) is 68.8 Å². The normalized spacial score (nSPS) is 12.7. The average molecular weight is 777 g/mol. The molecule has 284 valence electrons. The summed E-state index contributed by atoms with van der Waals surface area (Å²) >= 11 is 0. The van der Waals surface area contributed by atoms with Crippen molar-refractivity contribution in [3.63, 3.8) is 0 Å². The maximum Gasteiger partial charge on any atom is 0.160 e. The fraction of sp³-hybridized carbons (Fsp3) is 0.0175. The number of nitrogens with zero attached hydrogens (tertiary/aromatic N) is 4. The van der Waals surface area contributed by atoms with E-state index in [9.17, 15) is 0 Å². The van der Waals surface area contributed by atoms with Crippen LogP contribution in [0, 0.1) is 0 Å². The second-order valence-corrected chi connectivity index (χ2v) is 15.8. The SMILES string of the molecule is c1ccc(-c2cc(-c3ccccc3)nc(-c3ccc4c(c3)C3(c5ccccc5-4)c4ccccc4-c4ccc(-c5nc(-c6ccccc6)cc(-c6ccccc6)n5)cc43)n2)cc1. The van der Waals surface area contributed by atoms with Crippen LogP contribution in [-0.2, 0) is 5.41 Å². The summed E-state index contributed by atoms with van der Waals surface area (Å²) in [4.78, 5) is 21.1. The smallest absolute Gasteiger partial charge is 0.160 e. The van der Waals surface area contributed by atoms with Gasteiger partial charge >= 0.3 is 0 Å². The van der Waals surface area contributed by atoms with Crippen LogP contribution in [0.4, 0.5) is 0 Å². The number of aromatic nitrogens is 4. The molecule has 8 aromatic carbocycles. The van der Waals surface area contributed by atoms with E-state index in [1.807, 2.05) is 24.3 Å². The van der Waals surface area contributed by atoms with E-state index in [0.29, 0.717) is 11.6 Å². The lowest BCUT2D eigenvalue weighted by Gasteiger charge is -2.31. The van der Waals surface area contributed by atoms with Gasteiger partial charge in [-0.1, -0.05) is 194 Å². The minimum absolute atomic E-state index is 0.609. The Morgan fingerprint density at radius 2 is 0.525 bits per heavy atom. The summed E-state index contributed by atoms with van der Waals surface area (Å²) in [5.74, 6) is 1.38. The zero-order chi connectivity index (χ0) is 40.3. The highest BCUT2D eigenvalue weighted by Gasteiger charge is 2.52. The third kappa shape index (κ3) is 5.61. The Hall–Kier alpha value is -8.08. The summed E-state index contributed by atoms with van der Waals surface area (Å²) in [6, 6.07) is 77.2. The molecule has 0 saturated carbocycles. The largest absolute Gasteiger partial charge is 0.228 e. The van der Waals surface area contributed by atoms with Crippen molar-refractivity contribution in [3.8, 4) is 90.1 Å². The number of rotatable bonds is 6. The van der Waals surface area contributed by atoms with Gasteiger partial charge in [0.2, 0.25) is 0 Å². The van der Waals surface area contributed by atoms with E-state index in [-0.39, 0.29) is 0 Å². The summed E-state index contributed by atoms with van der Waals surface area (Å²) in [7, 11) is 0. The molecule has 0 atom stereocenters. The molecule has 12 rings (SSSR count). The van der Waals surface area contributed by atoms with E-state index in [0.717, 1.165) is 56.2 Å². The molecule has 10 aromatic rings. The Labute approximate surface area is 354 Å². The van der Waals surface area contributed by atoms with Crippen LogP contribution in [0.5, 0.6) is 0 Å². The highest BCUT2D eigenvalue weighted by molar-refractivity contribution is 5.96. The number of fused-ring (bicyclic) bond motifs is 10. The van der Waals surface area contributed by atoms with Gasteiger partial charge in [-0.15, -0.1) is 0 Å². The van der Waals surface area contributed by atoms with Gasteiger partial charge in [0.05, 0.1) is 28.2 Å². The highest BCUT2D eigenvalue weighted by atomic mass is 14.9. The molecule has 0 bridgehead atoms. The van der Waals surface area contributed by atoms with Crippen LogP contribution in [0.3, 0.4) is 0 Å². The third-order valence-corrected chi connectivity index (χ3v) is 12.3. The second-order valence-electron chi connectivity index (χ2n) is 15.8. The minimum Gasteiger partial charge on any atom is -0.228 e. The molecular formula is C57H36N4. The van der Waals surface area contributed by atoms with E-state index < -0.39 is 5.41 Å². The predicted octanol–water partition coefficient (Wildman–Crippen LogP) is 13.6. The van der Waals surface area contributed by atoms with Crippen molar-refractivity contribution in [1.82, 2.24) is 19.9 Å². The third-order valence-electron chi connectivity index (χ3n) is 12.3. The number of hydrogen-bond acceptors (Lipinski definition) is 4. The summed E-state index contributed by atoms with van der Waals surface area (Å²) in [5, 5.41) is 0. The van der Waals surface area contributed by atoms with E-state index in [1.165, 1.54) is 44.5 Å². The van der Waals surface area contributed by atoms with Crippen molar-refractivity contribution in [2.45, 2.75) is 5.41 Å². The summed E-state index contributed by atoms with van der Waals surface area (Å²) in [6.07, 6.45) is 0. The van der Waals surface area contributed by atoms with Gasteiger partial charge in [0, 0.05) is 33.4 Å². The summed E-state index contributed by atoms with van der Waals surface area (Å²) in [6.45, 7) is 0. The fourth-order valence-electron chi connectivity index (χ4n) is 9.60. The van der Waals surface area contributed by atoms with E-state index in [1.54, 1.807) is 0 Å². The molecule has 0 fully saturated rings. The summed E-state index contributed by atoms with van der Waals surface area (Å²) < 4.78 is 0. The molecule has 0 radical (unpaired) electrons. The quantitative estimate of drug-likeness (QED) is 0.169. The van der Waals surface area contributed by atoms with Crippen LogP contribution in [0.1, 0.15) is 22.3 Å². The molecule has 61 heavy (non-hydrogen) atoms. The molecule has 2 aliphatic carbocycles. The molecule has 0 N–H and O–H groups in total. The Balaban J connectivity index is 1.09. The summed E-state index contributed by atoms with van der Waals surface area (Å²) in [5.41, 5.74) is 18.9. The van der Waals surface area contributed by atoms with Crippen LogP contribution in [-0.4, -0.2) is 19.9 Å². The molecular weight excluding hydrogens is 741 g/mol. The van der Waals surface area contributed by atoms with Gasteiger partial charge in [0.25, 0.3) is 0 Å². The van der Waals surface area contributed by atoms with E-state index in [2.05, 4.69) is 194 Å². The van der Waals surface area contributed by atoms with Crippen molar-refractivity contribution in [2.24, 2.45) is 0 Å². The Kier molecular flexibility index (Phi) is 8.04. The fourth-order valence-corrected chi connectivity index (χ4v) is 9.60. The molecule has 0 amide bonds. The maximum atomic E-state index is 5.27. The first-order valence-electron chi connectivity index (χ1n) is 20.7. The number of hydrogen-bond donors (Lipinski definition) is 0. The molecule has 2 heterocycles. The lowest BCUT2D eigenvalue weighted by Crippen LogP contribution is -2.26. The van der Waals surface area contributed by atoms with Gasteiger partial charge in [-0.25, -0.2) is 19.9 Å². The van der Waals surface area contributed by atoms with Gasteiger partial charge in [0.1, 0.15) is 0 Å². The van der Waals surface area contributed by atoms with Crippen molar-refractivity contribution in [3.05, 3.63) is 241 Å². The Morgan fingerprint density at radius 3 is 0.869 bits per heavy atom. The number of benzene rings is 8. The maximum absolute atomic E-state index is 5.27. The van der Waals surface area contributed by atoms with Gasteiger partial charge in [-0.3, -0.25) is 0 Å². The molecule has 0 aliphatic heterocycles. The minimum atomic E-state index is -0.609. The van der Waals surface area contributed by atoms with Gasteiger partial charge in [-0.2, -0.15) is 0 Å².